The molecular formula is C16H28N4OS. The third kappa shape index (κ3) is 7.45. The number of amides is 1. The maximum Gasteiger partial charge on any atom is 0.221 e. The smallest absolute Gasteiger partial charge is 0.221 e. The molecule has 0 aliphatic heterocycles. The molecule has 6 heteroatoms. The Labute approximate surface area is 137 Å². The second-order valence-corrected chi connectivity index (χ2v) is 6.36. The van der Waals surface area contributed by atoms with Gasteiger partial charge in [-0.15, -0.1) is 0 Å². The van der Waals surface area contributed by atoms with Gasteiger partial charge in [-0.1, -0.05) is 6.92 Å². The number of nitrogens with zero attached hydrogens (tertiary/aromatic N) is 1. The van der Waals surface area contributed by atoms with Crippen molar-refractivity contribution in [2.75, 3.05) is 19.6 Å². The maximum atomic E-state index is 11.6. The summed E-state index contributed by atoms with van der Waals surface area (Å²) in [6.07, 6.45) is 0.447. The number of nitrogens with one attached hydrogen (secondary N) is 3. The van der Waals surface area contributed by atoms with Crippen LogP contribution in [0.5, 0.6) is 0 Å². The van der Waals surface area contributed by atoms with Crippen molar-refractivity contribution in [1.29, 1.82) is 0 Å². The van der Waals surface area contributed by atoms with Gasteiger partial charge in [0.2, 0.25) is 5.91 Å². The molecule has 0 radical (unpaired) electrons. The minimum absolute atomic E-state index is 0.0602. The molecule has 1 aromatic heterocycles. The predicted molar refractivity (Wildman–Crippen MR) is 94.6 cm³/mol. The molecule has 0 fully saturated rings. The van der Waals surface area contributed by atoms with Gasteiger partial charge in [0.05, 0.1) is 0 Å². The van der Waals surface area contributed by atoms with Gasteiger partial charge in [-0.25, -0.2) is 0 Å². The summed E-state index contributed by atoms with van der Waals surface area (Å²) in [6.45, 7) is 10.2. The van der Waals surface area contributed by atoms with Gasteiger partial charge in [-0.3, -0.25) is 9.79 Å². The number of hydrogen-bond donors (Lipinski definition) is 3. The first-order valence-electron chi connectivity index (χ1n) is 7.86. The average molecular weight is 324 g/mol. The summed E-state index contributed by atoms with van der Waals surface area (Å²) in [5, 5.41) is 13.5. The minimum Gasteiger partial charge on any atom is -0.357 e. The molecule has 3 N–H and O–H groups in total. The molecule has 1 heterocycles. The van der Waals surface area contributed by atoms with Gasteiger partial charge in [-0.2, -0.15) is 11.3 Å². The SMILES string of the molecule is CCNC(=NCC(C)c1ccsc1)NCCC(=O)NC(C)C. The summed E-state index contributed by atoms with van der Waals surface area (Å²) in [5.41, 5.74) is 1.32. The van der Waals surface area contributed by atoms with Gasteiger partial charge in [0, 0.05) is 38.0 Å². The first-order valence-corrected chi connectivity index (χ1v) is 8.80. The molecule has 0 spiro atoms. The number of aliphatic imine (C=N–C) groups is 1. The lowest BCUT2D eigenvalue weighted by molar-refractivity contribution is -0.121. The Morgan fingerprint density at radius 2 is 2.09 bits per heavy atom. The highest BCUT2D eigenvalue weighted by Crippen LogP contribution is 2.18. The van der Waals surface area contributed by atoms with Crippen LogP contribution in [-0.4, -0.2) is 37.5 Å². The summed E-state index contributed by atoms with van der Waals surface area (Å²) in [4.78, 5) is 16.2. The van der Waals surface area contributed by atoms with E-state index >= 15 is 0 Å². The van der Waals surface area contributed by atoms with Crippen LogP contribution in [0.1, 0.15) is 45.6 Å². The molecule has 0 aliphatic rings. The Bertz CT molecular complexity index is 457. The molecule has 0 aromatic carbocycles. The number of hydrogen-bond acceptors (Lipinski definition) is 3. The zero-order chi connectivity index (χ0) is 16.4. The maximum absolute atomic E-state index is 11.6. The van der Waals surface area contributed by atoms with Gasteiger partial charge in [0.25, 0.3) is 0 Å². The molecule has 1 amide bonds. The predicted octanol–water partition coefficient (Wildman–Crippen LogP) is 2.32. The largest absolute Gasteiger partial charge is 0.357 e. The van der Waals surface area contributed by atoms with Crippen molar-refractivity contribution >= 4 is 23.2 Å². The second-order valence-electron chi connectivity index (χ2n) is 5.58. The van der Waals surface area contributed by atoms with Crippen LogP contribution < -0.4 is 16.0 Å². The van der Waals surface area contributed by atoms with Gasteiger partial charge >= 0.3 is 0 Å². The van der Waals surface area contributed by atoms with Crippen molar-refractivity contribution < 1.29 is 4.79 Å². The van der Waals surface area contributed by atoms with Crippen LogP contribution >= 0.6 is 11.3 Å². The fourth-order valence-electron chi connectivity index (χ4n) is 1.92. The molecule has 22 heavy (non-hydrogen) atoms. The van der Waals surface area contributed by atoms with E-state index in [1.807, 2.05) is 20.8 Å². The van der Waals surface area contributed by atoms with Crippen LogP contribution in [0, 0.1) is 0 Å². The topological polar surface area (TPSA) is 65.5 Å². The van der Waals surface area contributed by atoms with Gasteiger partial charge in [0.1, 0.15) is 0 Å². The highest BCUT2D eigenvalue weighted by molar-refractivity contribution is 7.07. The molecule has 1 rings (SSSR count). The quantitative estimate of drug-likeness (QED) is 0.508. The van der Waals surface area contributed by atoms with E-state index in [0.717, 1.165) is 19.0 Å². The van der Waals surface area contributed by atoms with Crippen LogP contribution in [0.25, 0.3) is 0 Å². The Morgan fingerprint density at radius 3 is 2.68 bits per heavy atom. The summed E-state index contributed by atoms with van der Waals surface area (Å²) in [6, 6.07) is 2.32. The molecule has 1 aromatic rings. The van der Waals surface area contributed by atoms with E-state index in [4.69, 9.17) is 0 Å². The van der Waals surface area contributed by atoms with Crippen molar-refractivity contribution in [1.82, 2.24) is 16.0 Å². The van der Waals surface area contributed by atoms with Gasteiger partial charge in [0.15, 0.2) is 5.96 Å². The molecule has 0 saturated carbocycles. The van der Waals surface area contributed by atoms with E-state index in [0.29, 0.717) is 18.9 Å². The molecule has 1 atom stereocenters. The van der Waals surface area contributed by atoms with Crippen molar-refractivity contribution in [2.45, 2.75) is 46.1 Å². The molecule has 0 saturated heterocycles. The lowest BCUT2D eigenvalue weighted by Gasteiger charge is -2.13. The molecule has 5 nitrogen and oxygen atoms in total. The molecule has 0 bridgehead atoms. The van der Waals surface area contributed by atoms with Crippen molar-refractivity contribution in [3.63, 3.8) is 0 Å². The number of guanidine groups is 1. The van der Waals surface area contributed by atoms with Crippen LogP contribution in [-0.2, 0) is 4.79 Å². The van der Waals surface area contributed by atoms with E-state index in [2.05, 4.69) is 44.7 Å². The Kier molecular flexibility index (Phi) is 8.58. The molecule has 124 valence electrons. The fraction of sp³-hybridized carbons (Fsp3) is 0.625. The van der Waals surface area contributed by atoms with E-state index in [1.54, 1.807) is 11.3 Å². The third-order valence-corrected chi connectivity index (χ3v) is 3.78. The van der Waals surface area contributed by atoms with Crippen molar-refractivity contribution in [3.05, 3.63) is 22.4 Å². The summed E-state index contributed by atoms with van der Waals surface area (Å²) in [7, 11) is 0. The van der Waals surface area contributed by atoms with E-state index in [-0.39, 0.29) is 11.9 Å². The number of carbonyl (C=O) groups excluding carboxylic acids is 1. The van der Waals surface area contributed by atoms with Crippen LogP contribution in [0.4, 0.5) is 0 Å². The lowest BCUT2D eigenvalue weighted by atomic mass is 10.1. The normalized spacial score (nSPS) is 13.0. The second kappa shape index (κ2) is 10.2. The Hall–Kier alpha value is -1.56. The van der Waals surface area contributed by atoms with E-state index in [1.165, 1.54) is 5.56 Å². The van der Waals surface area contributed by atoms with Gasteiger partial charge in [-0.05, 0) is 43.2 Å². The van der Waals surface area contributed by atoms with E-state index < -0.39 is 0 Å². The minimum atomic E-state index is 0.0602. The monoisotopic (exact) mass is 324 g/mol. The van der Waals surface area contributed by atoms with Crippen LogP contribution in [0.15, 0.2) is 21.8 Å². The number of thiophene rings is 1. The zero-order valence-corrected chi connectivity index (χ0v) is 14.8. The van der Waals surface area contributed by atoms with Crippen LogP contribution in [0.3, 0.4) is 0 Å². The Balaban J connectivity index is 2.40. The van der Waals surface area contributed by atoms with Gasteiger partial charge < -0.3 is 16.0 Å². The highest BCUT2D eigenvalue weighted by Gasteiger charge is 2.07. The van der Waals surface area contributed by atoms with E-state index in [9.17, 15) is 4.79 Å². The van der Waals surface area contributed by atoms with Crippen molar-refractivity contribution in [2.24, 2.45) is 4.99 Å². The molecular weight excluding hydrogens is 296 g/mol. The Morgan fingerprint density at radius 1 is 1.32 bits per heavy atom. The highest BCUT2D eigenvalue weighted by atomic mass is 32.1. The fourth-order valence-corrected chi connectivity index (χ4v) is 2.70. The first-order chi connectivity index (χ1) is 10.5. The standard InChI is InChI=1S/C16H28N4OS/c1-5-17-16(18-8-6-15(21)20-12(2)3)19-10-13(4)14-7-9-22-11-14/h7,9,11-13H,5-6,8,10H2,1-4H3,(H,20,21)(H2,17,18,19). The number of carbonyl (C=O) groups is 1. The van der Waals surface area contributed by atoms with Crippen molar-refractivity contribution in [3.8, 4) is 0 Å². The summed E-state index contributed by atoms with van der Waals surface area (Å²) in [5.74, 6) is 1.22. The average Bonchev–Trinajstić information content (AvgIpc) is 2.97. The third-order valence-electron chi connectivity index (χ3n) is 3.07. The first kappa shape index (κ1) is 18.5. The van der Waals surface area contributed by atoms with Crippen LogP contribution in [0.2, 0.25) is 0 Å². The zero-order valence-electron chi connectivity index (χ0n) is 14.0. The summed E-state index contributed by atoms with van der Waals surface area (Å²) < 4.78 is 0. The molecule has 1 unspecified atom stereocenters. The number of rotatable bonds is 8. The molecule has 0 aliphatic carbocycles. The summed E-state index contributed by atoms with van der Waals surface area (Å²) >= 11 is 1.71. The lowest BCUT2D eigenvalue weighted by Crippen LogP contribution is -2.40.